The molecule has 1 aromatic carbocycles. The van der Waals surface area contributed by atoms with Gasteiger partial charge in [-0.3, -0.25) is 4.79 Å². The number of ether oxygens (including phenoxy) is 2. The minimum absolute atomic E-state index is 0.0401. The number of esters is 1. The Morgan fingerprint density at radius 3 is 2.54 bits per heavy atom. The number of hydrogen-bond acceptors (Lipinski definition) is 8. The van der Waals surface area contributed by atoms with E-state index in [0.29, 0.717) is 5.57 Å². The standard InChI is InChI=1S/C19H23ClO8/c1-9-6-10(2)28-19(26)15-12(22)8-13(23)16(20)18(15)27-5-3-4-11(21)17(25)14(24)7-9/h7-8,10-11,17,21-23,25H,3-6H2,1-2H3/b9-7-/t10-,11-,17-/m0/s1. The van der Waals surface area contributed by atoms with E-state index < -0.39 is 41.6 Å². The summed E-state index contributed by atoms with van der Waals surface area (Å²) >= 11 is 6.02. The molecule has 1 aliphatic heterocycles. The first-order valence-electron chi connectivity index (χ1n) is 8.77. The third kappa shape index (κ3) is 5.15. The molecule has 8 nitrogen and oxygen atoms in total. The van der Waals surface area contributed by atoms with Gasteiger partial charge in [0.1, 0.15) is 34.3 Å². The van der Waals surface area contributed by atoms with Crippen LogP contribution in [0.15, 0.2) is 17.7 Å². The predicted molar refractivity (Wildman–Crippen MR) is 99.8 cm³/mol. The van der Waals surface area contributed by atoms with E-state index in [1.165, 1.54) is 6.08 Å². The molecule has 0 saturated heterocycles. The monoisotopic (exact) mass is 414 g/mol. The maximum absolute atomic E-state index is 12.5. The Labute approximate surface area is 167 Å². The molecule has 0 bridgehead atoms. The van der Waals surface area contributed by atoms with Crippen molar-refractivity contribution >= 4 is 23.4 Å². The van der Waals surface area contributed by atoms with E-state index >= 15 is 0 Å². The van der Waals surface area contributed by atoms with E-state index in [-0.39, 0.29) is 42.2 Å². The summed E-state index contributed by atoms with van der Waals surface area (Å²) in [6.07, 6.45) is -1.93. The predicted octanol–water partition coefficient (Wildman–Crippen LogP) is 2.10. The van der Waals surface area contributed by atoms with Crippen LogP contribution >= 0.6 is 11.6 Å². The average Bonchev–Trinajstić information content (AvgIpc) is 2.60. The van der Waals surface area contributed by atoms with Gasteiger partial charge in [-0.05, 0) is 32.8 Å². The molecular weight excluding hydrogens is 392 g/mol. The fourth-order valence-electron chi connectivity index (χ4n) is 2.88. The van der Waals surface area contributed by atoms with Crippen molar-refractivity contribution in [1.29, 1.82) is 0 Å². The average molecular weight is 415 g/mol. The first-order chi connectivity index (χ1) is 13.1. The number of aromatic hydroxyl groups is 2. The number of fused-ring (bicyclic) bond motifs is 1. The number of rotatable bonds is 0. The van der Waals surface area contributed by atoms with E-state index in [0.717, 1.165) is 6.07 Å². The van der Waals surface area contributed by atoms with Crippen molar-refractivity contribution < 1.29 is 39.5 Å². The number of phenolic OH excluding ortho intramolecular Hbond substituents is 2. The minimum atomic E-state index is -1.58. The molecule has 0 fully saturated rings. The molecule has 0 saturated carbocycles. The Morgan fingerprint density at radius 2 is 1.86 bits per heavy atom. The second-order valence-electron chi connectivity index (χ2n) is 6.75. The smallest absolute Gasteiger partial charge is 0.346 e. The summed E-state index contributed by atoms with van der Waals surface area (Å²) in [7, 11) is 0. The molecule has 28 heavy (non-hydrogen) atoms. The van der Waals surface area contributed by atoms with Crippen LogP contribution in [0.5, 0.6) is 17.2 Å². The first-order valence-corrected chi connectivity index (χ1v) is 9.15. The molecule has 0 radical (unpaired) electrons. The van der Waals surface area contributed by atoms with Crippen molar-refractivity contribution in [1.82, 2.24) is 0 Å². The normalized spacial score (nSPS) is 26.8. The Kier molecular flexibility index (Phi) is 7.29. The zero-order chi connectivity index (χ0) is 21.0. The van der Waals surface area contributed by atoms with Crippen LogP contribution in [0.4, 0.5) is 0 Å². The summed E-state index contributed by atoms with van der Waals surface area (Å²) in [6.45, 7) is 3.15. The molecule has 0 amide bonds. The largest absolute Gasteiger partial charge is 0.507 e. The lowest BCUT2D eigenvalue weighted by Crippen LogP contribution is -2.33. The molecule has 2 rings (SSSR count). The van der Waals surface area contributed by atoms with Crippen LogP contribution in [0, 0.1) is 0 Å². The molecule has 0 unspecified atom stereocenters. The third-order valence-electron chi connectivity index (χ3n) is 4.24. The van der Waals surface area contributed by atoms with Crippen LogP contribution < -0.4 is 4.74 Å². The summed E-state index contributed by atoms with van der Waals surface area (Å²) in [4.78, 5) is 24.6. The van der Waals surface area contributed by atoms with Crippen molar-refractivity contribution in [3.8, 4) is 17.2 Å². The number of benzene rings is 1. The van der Waals surface area contributed by atoms with E-state index in [2.05, 4.69) is 0 Å². The second kappa shape index (κ2) is 9.27. The fourth-order valence-corrected chi connectivity index (χ4v) is 3.08. The molecule has 0 spiro atoms. The molecule has 9 heteroatoms. The molecule has 0 aromatic heterocycles. The van der Waals surface area contributed by atoms with Crippen LogP contribution in [0.1, 0.15) is 43.5 Å². The summed E-state index contributed by atoms with van der Waals surface area (Å²) in [5.74, 6) is -2.83. The number of aliphatic hydroxyl groups excluding tert-OH is 2. The topological polar surface area (TPSA) is 134 Å². The lowest BCUT2D eigenvalue weighted by molar-refractivity contribution is -0.128. The van der Waals surface area contributed by atoms with E-state index in [4.69, 9.17) is 21.1 Å². The highest BCUT2D eigenvalue weighted by Gasteiger charge is 2.28. The SMILES string of the molecule is C/C1=C/C(=O)[C@@H](O)[C@@H](O)CCCOc2c(Cl)c(O)cc(O)c2C(=O)O[C@@H](C)C1. The number of halogens is 1. The van der Waals surface area contributed by atoms with Gasteiger partial charge >= 0.3 is 5.97 Å². The molecule has 154 valence electrons. The number of ketones is 1. The quantitative estimate of drug-likeness (QED) is 0.474. The number of phenols is 2. The van der Waals surface area contributed by atoms with Crippen molar-refractivity contribution in [2.24, 2.45) is 0 Å². The number of cyclic esters (lactones) is 1. The lowest BCUT2D eigenvalue weighted by Gasteiger charge is -2.18. The zero-order valence-corrected chi connectivity index (χ0v) is 16.3. The van der Waals surface area contributed by atoms with Gasteiger partial charge in [0.15, 0.2) is 11.5 Å². The van der Waals surface area contributed by atoms with Gasteiger partial charge < -0.3 is 29.9 Å². The lowest BCUT2D eigenvalue weighted by atomic mass is 10.0. The van der Waals surface area contributed by atoms with Crippen LogP contribution in [-0.2, 0) is 9.53 Å². The van der Waals surface area contributed by atoms with Gasteiger partial charge in [0.2, 0.25) is 0 Å². The van der Waals surface area contributed by atoms with Gasteiger partial charge in [-0.25, -0.2) is 4.79 Å². The summed E-state index contributed by atoms with van der Waals surface area (Å²) in [6, 6.07) is 0.911. The van der Waals surface area contributed by atoms with Crippen molar-refractivity contribution in [3.05, 3.63) is 28.3 Å². The number of hydrogen-bond donors (Lipinski definition) is 4. The highest BCUT2D eigenvalue weighted by molar-refractivity contribution is 6.34. The van der Waals surface area contributed by atoms with Gasteiger partial charge in [0, 0.05) is 12.5 Å². The van der Waals surface area contributed by atoms with Gasteiger partial charge in [-0.2, -0.15) is 0 Å². The summed E-state index contributed by atoms with van der Waals surface area (Å²) < 4.78 is 10.7. The molecule has 1 heterocycles. The number of carbonyl (C=O) groups is 2. The first kappa shape index (κ1) is 22.0. The Bertz CT molecular complexity index is 789. The van der Waals surface area contributed by atoms with Crippen LogP contribution in [0.3, 0.4) is 0 Å². The van der Waals surface area contributed by atoms with Gasteiger partial charge in [0.05, 0.1) is 12.7 Å². The van der Waals surface area contributed by atoms with Gasteiger partial charge in [0.25, 0.3) is 0 Å². The van der Waals surface area contributed by atoms with Crippen LogP contribution in [0.2, 0.25) is 5.02 Å². The maximum Gasteiger partial charge on any atom is 0.346 e. The molecular formula is C19H23ClO8. The second-order valence-corrected chi connectivity index (χ2v) is 7.13. The van der Waals surface area contributed by atoms with Crippen molar-refractivity contribution in [2.45, 2.75) is 51.4 Å². The Morgan fingerprint density at radius 1 is 1.18 bits per heavy atom. The summed E-state index contributed by atoms with van der Waals surface area (Å²) in [5, 5.41) is 39.6. The molecule has 4 N–H and O–H groups in total. The third-order valence-corrected chi connectivity index (χ3v) is 4.60. The Balaban J connectivity index is 2.41. The number of carbonyl (C=O) groups excluding carboxylic acids is 2. The zero-order valence-electron chi connectivity index (χ0n) is 15.5. The van der Waals surface area contributed by atoms with E-state index in [9.17, 15) is 30.0 Å². The van der Waals surface area contributed by atoms with Crippen LogP contribution in [-0.4, -0.2) is 57.1 Å². The number of aliphatic hydroxyl groups is 2. The highest BCUT2D eigenvalue weighted by Crippen LogP contribution is 2.42. The van der Waals surface area contributed by atoms with Gasteiger partial charge in [-0.1, -0.05) is 17.2 Å². The Hall–Kier alpha value is -2.29. The van der Waals surface area contributed by atoms with E-state index in [1.807, 2.05) is 0 Å². The molecule has 0 aliphatic carbocycles. The molecule has 1 aliphatic rings. The molecule has 1 aromatic rings. The van der Waals surface area contributed by atoms with Crippen molar-refractivity contribution in [3.63, 3.8) is 0 Å². The van der Waals surface area contributed by atoms with Crippen LogP contribution in [0.25, 0.3) is 0 Å². The minimum Gasteiger partial charge on any atom is -0.507 e. The van der Waals surface area contributed by atoms with Gasteiger partial charge in [-0.15, -0.1) is 0 Å². The van der Waals surface area contributed by atoms with Crippen molar-refractivity contribution in [2.75, 3.05) is 6.61 Å². The molecule has 3 atom stereocenters. The fraction of sp³-hybridized carbons (Fsp3) is 0.474. The maximum atomic E-state index is 12.5. The summed E-state index contributed by atoms with van der Waals surface area (Å²) in [5.41, 5.74) is 0.207. The highest BCUT2D eigenvalue weighted by atomic mass is 35.5. The van der Waals surface area contributed by atoms with E-state index in [1.54, 1.807) is 13.8 Å².